The monoisotopic (exact) mass is 429 g/mol. The summed E-state index contributed by atoms with van der Waals surface area (Å²) < 4.78 is 28.9. The lowest BCUT2D eigenvalue weighted by Crippen LogP contribution is -2.47. The van der Waals surface area contributed by atoms with Crippen molar-refractivity contribution >= 4 is 21.8 Å². The molecule has 2 aromatic heterocycles. The number of piperazine rings is 1. The highest BCUT2D eigenvalue weighted by Crippen LogP contribution is 2.24. The summed E-state index contributed by atoms with van der Waals surface area (Å²) in [5.74, 6) is 0.761. The van der Waals surface area contributed by atoms with E-state index in [9.17, 15) is 8.42 Å². The molecule has 0 radical (unpaired) electrons. The van der Waals surface area contributed by atoms with Crippen LogP contribution in [0.3, 0.4) is 0 Å². The Morgan fingerprint density at radius 3 is 2.41 bits per heavy atom. The van der Waals surface area contributed by atoms with Crippen LogP contribution in [0.4, 0.5) is 0 Å². The maximum atomic E-state index is 12.8. The van der Waals surface area contributed by atoms with Crippen LogP contribution in [0.15, 0.2) is 71.0 Å². The zero-order chi connectivity index (χ0) is 20.3. The summed E-state index contributed by atoms with van der Waals surface area (Å²) in [4.78, 5) is 6.75. The highest BCUT2D eigenvalue weighted by molar-refractivity contribution is 7.98. The van der Waals surface area contributed by atoms with Crippen LogP contribution in [0.1, 0.15) is 5.56 Å². The quantitative estimate of drug-likeness (QED) is 0.561. The first-order valence-electron chi connectivity index (χ1n) is 9.39. The molecule has 29 heavy (non-hydrogen) atoms. The van der Waals surface area contributed by atoms with Crippen LogP contribution < -0.4 is 0 Å². The fourth-order valence-corrected chi connectivity index (χ4v) is 5.27. The van der Waals surface area contributed by atoms with Crippen LogP contribution >= 0.6 is 11.8 Å². The Labute approximate surface area is 175 Å². The van der Waals surface area contributed by atoms with Crippen molar-refractivity contribution in [3.05, 3.63) is 66.6 Å². The molecular formula is C20H23N5O2S2. The molecule has 3 heterocycles. The lowest BCUT2D eigenvalue weighted by atomic mass is 10.2. The number of thioether (sulfide) groups is 1. The molecule has 0 unspecified atom stereocenters. The summed E-state index contributed by atoms with van der Waals surface area (Å²) in [6.45, 7) is 2.54. The molecule has 0 aliphatic carbocycles. The first-order valence-corrected chi connectivity index (χ1v) is 11.8. The van der Waals surface area contributed by atoms with Crippen molar-refractivity contribution in [2.45, 2.75) is 15.7 Å². The van der Waals surface area contributed by atoms with Crippen LogP contribution in [-0.2, 0) is 15.8 Å². The second kappa shape index (κ2) is 8.66. The maximum Gasteiger partial charge on any atom is 0.244 e. The topological polar surface area (TPSA) is 71.3 Å². The van der Waals surface area contributed by atoms with Gasteiger partial charge in [0.2, 0.25) is 10.0 Å². The number of hydrogen-bond donors (Lipinski definition) is 0. The van der Waals surface area contributed by atoms with Gasteiger partial charge in [-0.1, -0.05) is 12.1 Å². The van der Waals surface area contributed by atoms with Crippen LogP contribution in [0.25, 0.3) is 5.69 Å². The van der Waals surface area contributed by atoms with Gasteiger partial charge in [0.05, 0.1) is 10.7 Å². The molecule has 1 aromatic carbocycles. The van der Waals surface area contributed by atoms with Gasteiger partial charge in [0.1, 0.15) is 4.90 Å². The molecule has 0 saturated carbocycles. The molecule has 1 fully saturated rings. The molecule has 0 N–H and O–H groups in total. The minimum Gasteiger partial charge on any atom is -0.304 e. The number of aromatic nitrogens is 3. The first kappa shape index (κ1) is 20.1. The van der Waals surface area contributed by atoms with E-state index < -0.39 is 10.0 Å². The van der Waals surface area contributed by atoms with Gasteiger partial charge in [-0.05, 0) is 42.9 Å². The van der Waals surface area contributed by atoms with Crippen molar-refractivity contribution in [1.29, 1.82) is 0 Å². The van der Waals surface area contributed by atoms with Crippen LogP contribution in [-0.4, -0.2) is 65.6 Å². The summed E-state index contributed by atoms with van der Waals surface area (Å²) >= 11 is 1.58. The van der Waals surface area contributed by atoms with E-state index in [1.54, 1.807) is 30.1 Å². The highest BCUT2D eigenvalue weighted by Gasteiger charge is 2.27. The minimum absolute atomic E-state index is 0.259. The average Bonchev–Trinajstić information content (AvgIpc) is 3.28. The standard InChI is InChI=1S/C20H23N5O2S2/c1-23-11-13-24(14-12-23)29(26,27)19-7-8-20(21-15-19)28-16-17-3-5-18(6-4-17)25-10-2-9-22-25/h2-10,15H,11-14,16H2,1H3. The smallest absolute Gasteiger partial charge is 0.244 e. The third-order valence-corrected chi connectivity index (χ3v) is 7.80. The summed E-state index contributed by atoms with van der Waals surface area (Å²) in [5, 5.41) is 5.03. The number of nitrogens with zero attached hydrogens (tertiary/aromatic N) is 5. The van der Waals surface area contributed by atoms with E-state index in [0.29, 0.717) is 13.1 Å². The Hall–Kier alpha value is -2.20. The SMILES string of the molecule is CN1CCN(S(=O)(=O)c2ccc(SCc3ccc(-n4cccn4)cc3)nc2)CC1. The van der Waals surface area contributed by atoms with Gasteiger partial charge in [-0.25, -0.2) is 18.1 Å². The van der Waals surface area contributed by atoms with Crippen LogP contribution in [0.5, 0.6) is 0 Å². The molecule has 1 aliphatic rings. The van der Waals surface area contributed by atoms with Gasteiger partial charge in [0.25, 0.3) is 0 Å². The Morgan fingerprint density at radius 1 is 1.03 bits per heavy atom. The van der Waals surface area contributed by atoms with Crippen LogP contribution in [0.2, 0.25) is 0 Å². The lowest BCUT2D eigenvalue weighted by Gasteiger charge is -2.31. The van der Waals surface area contributed by atoms with Crippen molar-refractivity contribution in [1.82, 2.24) is 24.0 Å². The van der Waals surface area contributed by atoms with Gasteiger partial charge in [-0.3, -0.25) is 0 Å². The van der Waals surface area contributed by atoms with Crippen molar-refractivity contribution in [3.63, 3.8) is 0 Å². The maximum absolute atomic E-state index is 12.8. The number of pyridine rings is 1. The molecular weight excluding hydrogens is 406 g/mol. The third kappa shape index (κ3) is 4.69. The zero-order valence-corrected chi connectivity index (χ0v) is 17.8. The number of hydrogen-bond acceptors (Lipinski definition) is 6. The van der Waals surface area contributed by atoms with Crippen molar-refractivity contribution in [3.8, 4) is 5.69 Å². The van der Waals surface area contributed by atoms with Gasteiger partial charge >= 0.3 is 0 Å². The highest BCUT2D eigenvalue weighted by atomic mass is 32.2. The van der Waals surface area contributed by atoms with Gasteiger partial charge in [0, 0.05) is 50.5 Å². The summed E-state index contributed by atoms with van der Waals surface area (Å²) in [7, 11) is -1.47. The van der Waals surface area contributed by atoms with Crippen molar-refractivity contribution < 1.29 is 8.42 Å². The van der Waals surface area contributed by atoms with E-state index in [1.165, 1.54) is 16.1 Å². The van der Waals surface area contributed by atoms with Crippen LogP contribution in [0, 0.1) is 0 Å². The van der Waals surface area contributed by atoms with E-state index in [0.717, 1.165) is 29.6 Å². The van der Waals surface area contributed by atoms with Gasteiger partial charge in [0.15, 0.2) is 0 Å². The predicted octanol–water partition coefficient (Wildman–Crippen LogP) is 2.50. The summed E-state index contributed by atoms with van der Waals surface area (Å²) in [5.41, 5.74) is 2.18. The number of sulfonamides is 1. The molecule has 0 atom stereocenters. The molecule has 1 saturated heterocycles. The van der Waals surface area contributed by atoms with E-state index >= 15 is 0 Å². The zero-order valence-electron chi connectivity index (χ0n) is 16.2. The fraction of sp³-hybridized carbons (Fsp3) is 0.300. The molecule has 9 heteroatoms. The Balaban J connectivity index is 1.37. The van der Waals surface area contributed by atoms with E-state index in [4.69, 9.17) is 0 Å². The number of benzene rings is 1. The average molecular weight is 430 g/mol. The molecule has 7 nitrogen and oxygen atoms in total. The van der Waals surface area contributed by atoms with Gasteiger partial charge in [-0.15, -0.1) is 11.8 Å². The number of likely N-dealkylation sites (N-methyl/N-ethyl adjacent to an activating group) is 1. The van der Waals surface area contributed by atoms with Gasteiger partial charge in [-0.2, -0.15) is 9.40 Å². The Bertz CT molecular complexity index is 1030. The fourth-order valence-electron chi connectivity index (χ4n) is 3.11. The second-order valence-electron chi connectivity index (χ2n) is 6.95. The van der Waals surface area contributed by atoms with Crippen molar-refractivity contribution in [2.75, 3.05) is 33.2 Å². The van der Waals surface area contributed by atoms with Crippen molar-refractivity contribution in [2.24, 2.45) is 0 Å². The first-order chi connectivity index (χ1) is 14.0. The number of rotatable bonds is 6. The summed E-state index contributed by atoms with van der Waals surface area (Å²) in [6, 6.07) is 13.5. The van der Waals surface area contributed by atoms with Gasteiger partial charge < -0.3 is 4.90 Å². The van der Waals surface area contributed by atoms with E-state index in [-0.39, 0.29) is 4.90 Å². The second-order valence-corrected chi connectivity index (χ2v) is 9.88. The molecule has 0 bridgehead atoms. The Kier molecular flexibility index (Phi) is 6.00. The molecule has 3 aromatic rings. The minimum atomic E-state index is -3.47. The van der Waals surface area contributed by atoms with E-state index in [2.05, 4.69) is 27.1 Å². The largest absolute Gasteiger partial charge is 0.304 e. The molecule has 0 amide bonds. The molecule has 0 spiro atoms. The summed E-state index contributed by atoms with van der Waals surface area (Å²) in [6.07, 6.45) is 5.13. The molecule has 152 valence electrons. The molecule has 1 aliphatic heterocycles. The third-order valence-electron chi connectivity index (χ3n) is 4.90. The molecule has 4 rings (SSSR count). The lowest BCUT2D eigenvalue weighted by molar-refractivity contribution is 0.222. The Morgan fingerprint density at radius 2 is 1.79 bits per heavy atom. The normalized spacial score (nSPS) is 16.2. The predicted molar refractivity (Wildman–Crippen MR) is 114 cm³/mol. The van der Waals surface area contributed by atoms with E-state index in [1.807, 2.05) is 36.1 Å².